The van der Waals surface area contributed by atoms with Crippen molar-refractivity contribution in [2.75, 3.05) is 20.3 Å². The van der Waals surface area contributed by atoms with Gasteiger partial charge >= 0.3 is 11.9 Å². The van der Waals surface area contributed by atoms with E-state index in [9.17, 15) is 19.5 Å². The quantitative estimate of drug-likeness (QED) is 0.278. The highest BCUT2D eigenvalue weighted by Crippen LogP contribution is 2.36. The smallest absolute Gasteiger partial charge is 0.338 e. The van der Waals surface area contributed by atoms with Gasteiger partial charge in [-0.25, -0.2) is 14.6 Å². The van der Waals surface area contributed by atoms with Gasteiger partial charge in [0.25, 0.3) is 5.56 Å². The predicted molar refractivity (Wildman–Crippen MR) is 160 cm³/mol. The fourth-order valence-corrected chi connectivity index (χ4v) is 5.99. The van der Waals surface area contributed by atoms with E-state index in [0.717, 1.165) is 5.56 Å². The number of methoxy groups -OCH3 is 1. The third kappa shape index (κ3) is 5.63. The summed E-state index contributed by atoms with van der Waals surface area (Å²) >= 11 is 1.17. The number of hydrogen-bond acceptors (Lipinski definition) is 9. The van der Waals surface area contributed by atoms with E-state index in [1.54, 1.807) is 69.5 Å². The van der Waals surface area contributed by atoms with Gasteiger partial charge in [-0.2, -0.15) is 0 Å². The van der Waals surface area contributed by atoms with Crippen molar-refractivity contribution in [3.63, 3.8) is 0 Å². The summed E-state index contributed by atoms with van der Waals surface area (Å²) in [5, 5.41) is 9.40. The van der Waals surface area contributed by atoms with Crippen LogP contribution < -0.4 is 24.4 Å². The number of carboxylic acids is 1. The van der Waals surface area contributed by atoms with Gasteiger partial charge < -0.3 is 23.7 Å². The first-order valence-electron chi connectivity index (χ1n) is 13.6. The summed E-state index contributed by atoms with van der Waals surface area (Å²) in [6.07, 6.45) is 1.61. The molecule has 3 heterocycles. The molecule has 222 valence electrons. The average Bonchev–Trinajstić information content (AvgIpc) is 3.56. The van der Waals surface area contributed by atoms with E-state index in [0.29, 0.717) is 55.8 Å². The monoisotopic (exact) mass is 602 g/mol. The van der Waals surface area contributed by atoms with Crippen LogP contribution in [-0.2, 0) is 9.53 Å². The molecule has 2 aromatic heterocycles. The molecule has 5 rings (SSSR count). The summed E-state index contributed by atoms with van der Waals surface area (Å²) in [6.45, 7) is 7.71. The van der Waals surface area contributed by atoms with Crippen LogP contribution in [0.3, 0.4) is 0 Å². The van der Waals surface area contributed by atoms with E-state index in [1.807, 2.05) is 13.8 Å². The van der Waals surface area contributed by atoms with Gasteiger partial charge in [-0.05, 0) is 75.2 Å². The van der Waals surface area contributed by atoms with E-state index >= 15 is 0 Å². The van der Waals surface area contributed by atoms with Crippen LogP contribution in [0.15, 0.2) is 74.0 Å². The summed E-state index contributed by atoms with van der Waals surface area (Å²) in [5.74, 6) is 0.279. The number of fused-ring (bicyclic) bond motifs is 1. The summed E-state index contributed by atoms with van der Waals surface area (Å²) in [4.78, 5) is 43.7. The number of aromatic nitrogens is 1. The fourth-order valence-electron chi connectivity index (χ4n) is 4.96. The van der Waals surface area contributed by atoms with Gasteiger partial charge in [-0.15, -0.1) is 0 Å². The SMILES string of the molecule is CCOC(=O)C1=C(C)N=c2sc(=Cc3ccc(-c4cc(C(=O)O)ccc4C)o3)c(=O)n2[C@@H]1c1ccc(OC)c(OCC)c1. The second-order valence-electron chi connectivity index (χ2n) is 9.68. The normalized spacial score (nSPS) is 14.7. The van der Waals surface area contributed by atoms with E-state index in [-0.39, 0.29) is 23.3 Å². The molecule has 0 spiro atoms. The Bertz CT molecular complexity index is 1950. The van der Waals surface area contributed by atoms with Crippen molar-refractivity contribution in [3.05, 3.63) is 102 Å². The molecule has 2 aromatic carbocycles. The maximum Gasteiger partial charge on any atom is 0.338 e. The van der Waals surface area contributed by atoms with Crippen molar-refractivity contribution in [3.8, 4) is 22.8 Å². The molecule has 1 aliphatic heterocycles. The zero-order chi connectivity index (χ0) is 30.8. The molecule has 10 nitrogen and oxygen atoms in total. The average molecular weight is 603 g/mol. The van der Waals surface area contributed by atoms with Crippen molar-refractivity contribution in [1.29, 1.82) is 0 Å². The molecule has 0 amide bonds. The molecule has 0 unspecified atom stereocenters. The minimum atomic E-state index is -1.04. The molecule has 0 saturated carbocycles. The highest BCUT2D eigenvalue weighted by atomic mass is 32.1. The summed E-state index contributed by atoms with van der Waals surface area (Å²) in [6, 6.07) is 12.7. The van der Waals surface area contributed by atoms with E-state index in [4.69, 9.17) is 18.6 Å². The van der Waals surface area contributed by atoms with Crippen LogP contribution in [0.2, 0.25) is 0 Å². The van der Waals surface area contributed by atoms with Crippen molar-refractivity contribution < 1.29 is 33.3 Å². The lowest BCUT2D eigenvalue weighted by Crippen LogP contribution is -2.39. The number of rotatable bonds is 9. The van der Waals surface area contributed by atoms with Gasteiger partial charge in [0.15, 0.2) is 16.3 Å². The zero-order valence-electron chi connectivity index (χ0n) is 24.3. The van der Waals surface area contributed by atoms with E-state index in [2.05, 4.69) is 4.99 Å². The number of thiazole rings is 1. The number of allylic oxidation sites excluding steroid dienone is 1. The second-order valence-corrected chi connectivity index (χ2v) is 10.7. The van der Waals surface area contributed by atoms with Crippen LogP contribution >= 0.6 is 11.3 Å². The fraction of sp³-hybridized carbons (Fsp3) is 0.250. The maximum absolute atomic E-state index is 14.0. The van der Waals surface area contributed by atoms with E-state index < -0.39 is 18.0 Å². The van der Waals surface area contributed by atoms with Gasteiger partial charge in [0, 0.05) is 11.6 Å². The van der Waals surface area contributed by atoms with Gasteiger partial charge in [-0.3, -0.25) is 9.36 Å². The standard InChI is InChI=1S/C32H30N2O8S/c1-6-40-25-15-19(10-12-24(25)39-5)28-27(31(38)41-7-2)18(4)33-32-34(28)29(35)26(43-32)16-21-11-13-23(42-21)22-14-20(30(36)37)9-8-17(22)3/h8-16,28H,6-7H2,1-5H3,(H,36,37)/t28-/m1/s1. The van der Waals surface area contributed by atoms with Gasteiger partial charge in [-0.1, -0.05) is 23.5 Å². The van der Waals surface area contributed by atoms with Crippen LogP contribution in [0, 0.1) is 6.92 Å². The number of nitrogens with zero attached hydrogens (tertiary/aromatic N) is 2. The number of carboxylic acid groups (broad SMARTS) is 1. The number of carbonyl (C=O) groups excluding carboxylic acids is 1. The lowest BCUT2D eigenvalue weighted by Gasteiger charge is -2.25. The Morgan fingerprint density at radius 3 is 2.56 bits per heavy atom. The minimum absolute atomic E-state index is 0.144. The minimum Gasteiger partial charge on any atom is -0.493 e. The number of carbonyl (C=O) groups is 2. The van der Waals surface area contributed by atoms with Gasteiger partial charge in [0.2, 0.25) is 0 Å². The number of furan rings is 1. The van der Waals surface area contributed by atoms with Crippen LogP contribution in [0.25, 0.3) is 17.4 Å². The molecule has 11 heteroatoms. The number of hydrogen-bond donors (Lipinski definition) is 1. The summed E-state index contributed by atoms with van der Waals surface area (Å²) in [7, 11) is 1.54. The Morgan fingerprint density at radius 2 is 1.86 bits per heavy atom. The Morgan fingerprint density at radius 1 is 1.07 bits per heavy atom. The Balaban J connectivity index is 1.65. The molecule has 0 saturated heterocycles. The predicted octanol–water partition coefficient (Wildman–Crippen LogP) is 4.47. The number of ether oxygens (including phenoxy) is 3. The van der Waals surface area contributed by atoms with Crippen LogP contribution in [-0.4, -0.2) is 41.9 Å². The molecule has 0 fully saturated rings. The molecule has 43 heavy (non-hydrogen) atoms. The first kappa shape index (κ1) is 29.6. The third-order valence-corrected chi connectivity index (χ3v) is 7.95. The number of esters is 1. The van der Waals surface area contributed by atoms with Gasteiger partial charge in [0.05, 0.1) is 47.7 Å². The topological polar surface area (TPSA) is 130 Å². The zero-order valence-corrected chi connectivity index (χ0v) is 25.1. The molecule has 1 atom stereocenters. The highest BCUT2D eigenvalue weighted by Gasteiger charge is 2.34. The van der Waals surface area contributed by atoms with Crippen molar-refractivity contribution in [1.82, 2.24) is 4.57 Å². The van der Waals surface area contributed by atoms with E-state index in [1.165, 1.54) is 22.0 Å². The molecule has 1 N–H and O–H groups in total. The van der Waals surface area contributed by atoms with Crippen LogP contribution in [0.4, 0.5) is 0 Å². The van der Waals surface area contributed by atoms with Gasteiger partial charge in [0.1, 0.15) is 11.5 Å². The Hall–Kier alpha value is -4.90. The summed E-state index contributed by atoms with van der Waals surface area (Å²) < 4.78 is 24.5. The van der Waals surface area contributed by atoms with Crippen LogP contribution in [0.1, 0.15) is 54.1 Å². The number of aryl methyl sites for hydroxylation is 1. The number of benzene rings is 2. The molecular weight excluding hydrogens is 572 g/mol. The lowest BCUT2D eigenvalue weighted by molar-refractivity contribution is -0.139. The first-order chi connectivity index (χ1) is 20.7. The largest absolute Gasteiger partial charge is 0.493 e. The molecular formula is C32H30N2O8S. The second kappa shape index (κ2) is 12.1. The number of aromatic carboxylic acids is 1. The van der Waals surface area contributed by atoms with Crippen molar-refractivity contribution in [2.24, 2.45) is 4.99 Å². The maximum atomic E-state index is 14.0. The highest BCUT2D eigenvalue weighted by molar-refractivity contribution is 7.07. The lowest BCUT2D eigenvalue weighted by atomic mass is 9.95. The van der Waals surface area contributed by atoms with Crippen molar-refractivity contribution in [2.45, 2.75) is 33.7 Å². The van der Waals surface area contributed by atoms with Crippen molar-refractivity contribution >= 4 is 29.4 Å². The Labute approximate surface area is 250 Å². The summed E-state index contributed by atoms with van der Waals surface area (Å²) in [5.41, 5.74) is 2.59. The molecule has 1 aliphatic rings. The first-order valence-corrected chi connectivity index (χ1v) is 14.4. The molecule has 0 bridgehead atoms. The third-order valence-electron chi connectivity index (χ3n) is 6.97. The molecule has 0 radical (unpaired) electrons. The van der Waals surface area contributed by atoms with Crippen LogP contribution in [0.5, 0.6) is 11.5 Å². The molecule has 0 aliphatic carbocycles. The molecule has 4 aromatic rings. The Kier molecular flexibility index (Phi) is 8.36.